The molecule has 0 aliphatic carbocycles. The average molecular weight is 406 g/mol. The summed E-state index contributed by atoms with van der Waals surface area (Å²) in [5.41, 5.74) is 1.96. The van der Waals surface area contributed by atoms with Gasteiger partial charge < -0.3 is 10.1 Å². The van der Waals surface area contributed by atoms with Crippen molar-refractivity contribution >= 4 is 17.5 Å². The monoisotopic (exact) mass is 405 g/mol. The van der Waals surface area contributed by atoms with Gasteiger partial charge >= 0.3 is 6.03 Å². The number of methoxy groups -OCH3 is 1. The minimum absolute atomic E-state index is 0.272. The molecular formula is C23H27N5O2. The molecule has 2 N–H and O–H groups in total. The fraction of sp³-hybridized carbons (Fsp3) is 0.304. The van der Waals surface area contributed by atoms with Crippen LogP contribution in [0.4, 0.5) is 16.3 Å². The molecule has 2 aromatic carbocycles. The molecule has 2 amide bonds. The summed E-state index contributed by atoms with van der Waals surface area (Å²) in [7, 11) is 1.58. The summed E-state index contributed by atoms with van der Waals surface area (Å²) in [5, 5.41) is 10.2. The summed E-state index contributed by atoms with van der Waals surface area (Å²) < 4.78 is 7.22. The zero-order chi connectivity index (χ0) is 20.8. The highest BCUT2D eigenvalue weighted by molar-refractivity contribution is 6.00. The van der Waals surface area contributed by atoms with Crippen LogP contribution in [-0.4, -0.2) is 40.9 Å². The van der Waals surface area contributed by atoms with Crippen LogP contribution in [0.25, 0.3) is 0 Å². The Labute approximate surface area is 176 Å². The number of para-hydroxylation sites is 2. The summed E-state index contributed by atoms with van der Waals surface area (Å²) in [4.78, 5) is 15.0. The first-order chi connectivity index (χ1) is 14.7. The zero-order valence-electron chi connectivity index (χ0n) is 17.1. The van der Waals surface area contributed by atoms with Crippen LogP contribution >= 0.6 is 0 Å². The molecule has 7 nitrogen and oxygen atoms in total. The smallest absolute Gasteiger partial charge is 0.324 e. The number of carbonyl (C=O) groups is 1. The van der Waals surface area contributed by atoms with Crippen molar-refractivity contribution in [2.75, 3.05) is 30.8 Å². The number of urea groups is 1. The minimum Gasteiger partial charge on any atom is -0.495 e. The number of hydrogen-bond acceptors (Lipinski definition) is 4. The largest absolute Gasteiger partial charge is 0.495 e. The molecule has 1 aromatic heterocycles. The third kappa shape index (κ3) is 4.80. The van der Waals surface area contributed by atoms with Crippen molar-refractivity contribution in [3.8, 4) is 5.75 Å². The van der Waals surface area contributed by atoms with E-state index in [2.05, 4.69) is 44.9 Å². The number of rotatable bonds is 6. The maximum atomic E-state index is 12.5. The quantitative estimate of drug-likeness (QED) is 0.639. The van der Waals surface area contributed by atoms with Crippen LogP contribution < -0.4 is 15.4 Å². The standard InChI is InChI=1S/C23H27N5O2/c1-30-21-10-6-5-9-20(21)25-23(29)26-22-11-14-24-28(22)19-12-15-27(16-13-19)17-18-7-3-2-4-8-18/h2-11,14,19H,12-13,15-17H2,1H3,(H2,25,26,29). The maximum Gasteiger partial charge on any atom is 0.324 e. The lowest BCUT2D eigenvalue weighted by molar-refractivity contribution is 0.174. The Morgan fingerprint density at radius 2 is 1.77 bits per heavy atom. The van der Waals surface area contributed by atoms with E-state index < -0.39 is 0 Å². The first-order valence-electron chi connectivity index (χ1n) is 10.2. The molecule has 1 saturated heterocycles. The van der Waals surface area contributed by atoms with Crippen LogP contribution in [0.3, 0.4) is 0 Å². The number of benzene rings is 2. The summed E-state index contributed by atoms with van der Waals surface area (Å²) >= 11 is 0. The Bertz CT molecular complexity index is 964. The number of amides is 2. The fourth-order valence-corrected chi connectivity index (χ4v) is 3.89. The van der Waals surface area contributed by atoms with Crippen molar-refractivity contribution in [3.63, 3.8) is 0 Å². The van der Waals surface area contributed by atoms with E-state index in [0.29, 0.717) is 17.3 Å². The van der Waals surface area contributed by atoms with Crippen molar-refractivity contribution in [1.82, 2.24) is 14.7 Å². The lowest BCUT2D eigenvalue weighted by Crippen LogP contribution is -2.35. The number of likely N-dealkylation sites (tertiary alicyclic amines) is 1. The third-order valence-electron chi connectivity index (χ3n) is 5.42. The van der Waals surface area contributed by atoms with Crippen LogP contribution in [0, 0.1) is 0 Å². The molecular weight excluding hydrogens is 378 g/mol. The SMILES string of the molecule is COc1ccccc1NC(=O)Nc1ccnn1C1CCN(Cc2ccccc2)CC1. The van der Waals surface area contributed by atoms with Gasteiger partial charge in [0.25, 0.3) is 0 Å². The molecule has 0 spiro atoms. The average Bonchev–Trinajstić information content (AvgIpc) is 3.23. The van der Waals surface area contributed by atoms with Gasteiger partial charge in [0.05, 0.1) is 25.0 Å². The highest BCUT2D eigenvalue weighted by Gasteiger charge is 2.23. The van der Waals surface area contributed by atoms with Crippen molar-refractivity contribution < 1.29 is 9.53 Å². The van der Waals surface area contributed by atoms with Gasteiger partial charge in [-0.1, -0.05) is 42.5 Å². The Balaban J connectivity index is 1.34. The van der Waals surface area contributed by atoms with E-state index in [-0.39, 0.29) is 12.1 Å². The van der Waals surface area contributed by atoms with Crippen LogP contribution in [0.15, 0.2) is 66.9 Å². The summed E-state index contributed by atoms with van der Waals surface area (Å²) in [5.74, 6) is 1.32. The van der Waals surface area contributed by atoms with E-state index in [1.807, 2.05) is 35.0 Å². The van der Waals surface area contributed by atoms with Gasteiger partial charge in [-0.3, -0.25) is 10.2 Å². The van der Waals surface area contributed by atoms with Crippen LogP contribution in [0.5, 0.6) is 5.75 Å². The molecule has 4 rings (SSSR count). The summed E-state index contributed by atoms with van der Waals surface area (Å²) in [6.07, 6.45) is 3.73. The number of nitrogens with one attached hydrogen (secondary N) is 2. The van der Waals surface area contributed by atoms with E-state index in [4.69, 9.17) is 4.74 Å². The maximum absolute atomic E-state index is 12.5. The first kappa shape index (κ1) is 20.0. The number of nitrogens with zero attached hydrogens (tertiary/aromatic N) is 3. The number of piperidine rings is 1. The summed E-state index contributed by atoms with van der Waals surface area (Å²) in [6, 6.07) is 19.7. The predicted octanol–water partition coefficient (Wildman–Crippen LogP) is 4.37. The number of anilines is 2. The molecule has 0 atom stereocenters. The van der Waals surface area contributed by atoms with Gasteiger partial charge in [-0.15, -0.1) is 0 Å². The Morgan fingerprint density at radius 1 is 1.03 bits per heavy atom. The van der Waals surface area contributed by atoms with Crippen molar-refractivity contribution in [2.24, 2.45) is 0 Å². The zero-order valence-corrected chi connectivity index (χ0v) is 17.1. The van der Waals surface area contributed by atoms with E-state index in [0.717, 1.165) is 32.5 Å². The van der Waals surface area contributed by atoms with Crippen LogP contribution in [-0.2, 0) is 6.54 Å². The van der Waals surface area contributed by atoms with E-state index in [1.165, 1.54) is 5.56 Å². The molecule has 1 aliphatic heterocycles. The fourth-order valence-electron chi connectivity index (χ4n) is 3.89. The second-order valence-corrected chi connectivity index (χ2v) is 7.43. The molecule has 0 bridgehead atoms. The molecule has 30 heavy (non-hydrogen) atoms. The molecule has 3 aromatic rings. The highest BCUT2D eigenvalue weighted by atomic mass is 16.5. The number of aromatic nitrogens is 2. The minimum atomic E-state index is -0.317. The van der Waals surface area contributed by atoms with Gasteiger partial charge in [0.15, 0.2) is 0 Å². The number of hydrogen-bond donors (Lipinski definition) is 2. The molecule has 2 heterocycles. The lowest BCUT2D eigenvalue weighted by atomic mass is 10.0. The Hall–Kier alpha value is -3.32. The molecule has 0 radical (unpaired) electrons. The first-order valence-corrected chi connectivity index (χ1v) is 10.2. The molecule has 7 heteroatoms. The second kappa shape index (κ2) is 9.45. The molecule has 1 fully saturated rings. The Kier molecular flexibility index (Phi) is 6.29. The van der Waals surface area contributed by atoms with Crippen LogP contribution in [0.1, 0.15) is 24.4 Å². The highest BCUT2D eigenvalue weighted by Crippen LogP contribution is 2.27. The van der Waals surface area contributed by atoms with E-state index in [9.17, 15) is 4.79 Å². The molecule has 156 valence electrons. The molecule has 1 aliphatic rings. The Morgan fingerprint density at radius 3 is 2.53 bits per heavy atom. The van der Waals surface area contributed by atoms with Crippen molar-refractivity contribution in [2.45, 2.75) is 25.4 Å². The van der Waals surface area contributed by atoms with Crippen molar-refractivity contribution in [1.29, 1.82) is 0 Å². The van der Waals surface area contributed by atoms with E-state index in [1.54, 1.807) is 19.4 Å². The van der Waals surface area contributed by atoms with Crippen LogP contribution in [0.2, 0.25) is 0 Å². The van der Waals surface area contributed by atoms with Gasteiger partial charge in [0, 0.05) is 25.7 Å². The van der Waals surface area contributed by atoms with Gasteiger partial charge in [0.2, 0.25) is 0 Å². The van der Waals surface area contributed by atoms with Gasteiger partial charge in [0.1, 0.15) is 11.6 Å². The second-order valence-electron chi connectivity index (χ2n) is 7.43. The number of carbonyl (C=O) groups excluding carboxylic acids is 1. The van der Waals surface area contributed by atoms with Crippen molar-refractivity contribution in [3.05, 3.63) is 72.4 Å². The number of ether oxygens (including phenoxy) is 1. The molecule has 0 saturated carbocycles. The van der Waals surface area contributed by atoms with Gasteiger partial charge in [-0.2, -0.15) is 5.10 Å². The topological polar surface area (TPSA) is 71.4 Å². The van der Waals surface area contributed by atoms with Gasteiger partial charge in [-0.25, -0.2) is 9.48 Å². The van der Waals surface area contributed by atoms with E-state index >= 15 is 0 Å². The normalized spacial score (nSPS) is 15.0. The lowest BCUT2D eigenvalue weighted by Gasteiger charge is -2.32. The third-order valence-corrected chi connectivity index (χ3v) is 5.42. The summed E-state index contributed by atoms with van der Waals surface area (Å²) in [6.45, 7) is 2.98. The molecule has 0 unspecified atom stereocenters. The van der Waals surface area contributed by atoms with Gasteiger partial charge in [-0.05, 0) is 30.5 Å². The predicted molar refractivity (Wildman–Crippen MR) is 118 cm³/mol.